The van der Waals surface area contributed by atoms with Gasteiger partial charge in [-0.25, -0.2) is 0 Å². The number of allylic oxidation sites excluding steroid dienone is 4. The first-order chi connectivity index (χ1) is 7.16. The predicted molar refractivity (Wildman–Crippen MR) is 70.7 cm³/mol. The van der Waals surface area contributed by atoms with Crippen molar-refractivity contribution in [3.8, 4) is 0 Å². The molecule has 0 aromatic heterocycles. The van der Waals surface area contributed by atoms with E-state index in [1.54, 1.807) is 0 Å². The standard InChI is InChI=1S/C14H25N/c1-5-6-11-15-12-10-14(4)9-7-8-13(2)3/h8,10,12H,5-7,9,11H2,1-4H3/b14-10+,15-12?. The molecule has 0 aromatic rings. The number of nitrogens with zero attached hydrogens (tertiary/aromatic N) is 1. The molecule has 0 aromatic carbocycles. The van der Waals surface area contributed by atoms with Crippen molar-refractivity contribution in [1.82, 2.24) is 0 Å². The van der Waals surface area contributed by atoms with Gasteiger partial charge < -0.3 is 0 Å². The van der Waals surface area contributed by atoms with Crippen molar-refractivity contribution in [2.75, 3.05) is 6.54 Å². The lowest BCUT2D eigenvalue weighted by Gasteiger charge is -1.96. The van der Waals surface area contributed by atoms with Gasteiger partial charge in [-0.15, -0.1) is 0 Å². The van der Waals surface area contributed by atoms with E-state index in [-0.39, 0.29) is 0 Å². The summed E-state index contributed by atoms with van der Waals surface area (Å²) in [6, 6.07) is 0. The van der Waals surface area contributed by atoms with E-state index in [1.165, 1.54) is 24.0 Å². The summed E-state index contributed by atoms with van der Waals surface area (Å²) >= 11 is 0. The van der Waals surface area contributed by atoms with Crippen molar-refractivity contribution in [3.63, 3.8) is 0 Å². The van der Waals surface area contributed by atoms with Crippen molar-refractivity contribution >= 4 is 6.21 Å². The summed E-state index contributed by atoms with van der Waals surface area (Å²) < 4.78 is 0. The van der Waals surface area contributed by atoms with Crippen molar-refractivity contribution in [2.24, 2.45) is 4.99 Å². The van der Waals surface area contributed by atoms with Gasteiger partial charge in [-0.2, -0.15) is 0 Å². The summed E-state index contributed by atoms with van der Waals surface area (Å²) in [5, 5.41) is 0. The number of hydrogen-bond donors (Lipinski definition) is 0. The van der Waals surface area contributed by atoms with Gasteiger partial charge in [0, 0.05) is 12.8 Å². The van der Waals surface area contributed by atoms with Gasteiger partial charge in [-0.3, -0.25) is 4.99 Å². The smallest absolute Gasteiger partial charge is 0.0389 e. The van der Waals surface area contributed by atoms with Crippen LogP contribution in [-0.4, -0.2) is 12.8 Å². The summed E-state index contributed by atoms with van der Waals surface area (Å²) in [7, 11) is 0. The largest absolute Gasteiger partial charge is 0.293 e. The average molecular weight is 207 g/mol. The Hall–Kier alpha value is -0.850. The third-order valence-corrected chi connectivity index (χ3v) is 2.20. The molecule has 0 aliphatic rings. The Morgan fingerprint density at radius 1 is 1.20 bits per heavy atom. The molecule has 0 rings (SSSR count). The highest BCUT2D eigenvalue weighted by Crippen LogP contribution is 2.05. The van der Waals surface area contributed by atoms with E-state index in [0.717, 1.165) is 19.4 Å². The van der Waals surface area contributed by atoms with Crippen LogP contribution in [0, 0.1) is 0 Å². The molecule has 0 amide bonds. The molecule has 1 heteroatoms. The number of aliphatic imine (C=N–C) groups is 1. The van der Waals surface area contributed by atoms with E-state index in [2.05, 4.69) is 44.8 Å². The monoisotopic (exact) mass is 207 g/mol. The Bertz CT molecular complexity index is 230. The second-order valence-corrected chi connectivity index (χ2v) is 4.24. The summed E-state index contributed by atoms with van der Waals surface area (Å²) in [5.74, 6) is 0. The fraction of sp³-hybridized carbons (Fsp3) is 0.643. The Morgan fingerprint density at radius 3 is 2.53 bits per heavy atom. The van der Waals surface area contributed by atoms with Crippen LogP contribution in [0.25, 0.3) is 0 Å². The highest BCUT2D eigenvalue weighted by atomic mass is 14.7. The van der Waals surface area contributed by atoms with E-state index < -0.39 is 0 Å². The SMILES string of the molecule is CCCCN=C/C=C(\C)CCC=C(C)C. The van der Waals surface area contributed by atoms with Gasteiger partial charge in [0.2, 0.25) is 0 Å². The number of rotatable bonds is 7. The molecule has 0 spiro atoms. The molecule has 0 atom stereocenters. The molecule has 86 valence electrons. The van der Waals surface area contributed by atoms with Gasteiger partial charge in [-0.05, 0) is 46.1 Å². The predicted octanol–water partition coefficient (Wildman–Crippen LogP) is 4.55. The van der Waals surface area contributed by atoms with Crippen LogP contribution in [0.3, 0.4) is 0 Å². The maximum absolute atomic E-state index is 4.33. The third-order valence-electron chi connectivity index (χ3n) is 2.20. The van der Waals surface area contributed by atoms with Crippen LogP contribution in [0.1, 0.15) is 53.4 Å². The minimum Gasteiger partial charge on any atom is -0.293 e. The summed E-state index contributed by atoms with van der Waals surface area (Å²) in [6.07, 6.45) is 11.1. The molecule has 0 fully saturated rings. The second kappa shape index (κ2) is 9.70. The highest BCUT2D eigenvalue weighted by molar-refractivity contribution is 5.71. The number of unbranched alkanes of at least 4 members (excludes halogenated alkanes) is 1. The Balaban J connectivity index is 3.69. The molecule has 0 aliphatic carbocycles. The molecule has 0 heterocycles. The van der Waals surface area contributed by atoms with Gasteiger partial charge in [-0.1, -0.05) is 30.6 Å². The molecule has 1 nitrogen and oxygen atoms in total. The van der Waals surface area contributed by atoms with Crippen molar-refractivity contribution < 1.29 is 0 Å². The maximum atomic E-state index is 4.33. The van der Waals surface area contributed by atoms with Gasteiger partial charge in [0.15, 0.2) is 0 Å². The third kappa shape index (κ3) is 11.1. The topological polar surface area (TPSA) is 12.4 Å². The van der Waals surface area contributed by atoms with Crippen molar-refractivity contribution in [3.05, 3.63) is 23.3 Å². The molecular weight excluding hydrogens is 182 g/mol. The van der Waals surface area contributed by atoms with Crippen molar-refractivity contribution in [1.29, 1.82) is 0 Å². The van der Waals surface area contributed by atoms with Crippen LogP contribution in [0.4, 0.5) is 0 Å². The van der Waals surface area contributed by atoms with Crippen LogP contribution in [0.15, 0.2) is 28.3 Å². The molecule has 15 heavy (non-hydrogen) atoms. The van der Waals surface area contributed by atoms with Crippen LogP contribution in [0.2, 0.25) is 0 Å². The summed E-state index contributed by atoms with van der Waals surface area (Å²) in [6.45, 7) is 9.62. The van der Waals surface area contributed by atoms with Crippen LogP contribution in [0.5, 0.6) is 0 Å². The van der Waals surface area contributed by atoms with E-state index in [4.69, 9.17) is 0 Å². The van der Waals surface area contributed by atoms with Crippen molar-refractivity contribution in [2.45, 2.75) is 53.4 Å². The average Bonchev–Trinajstić information content (AvgIpc) is 2.17. The zero-order valence-electron chi connectivity index (χ0n) is 10.7. The van der Waals surface area contributed by atoms with Crippen LogP contribution < -0.4 is 0 Å². The van der Waals surface area contributed by atoms with E-state index >= 15 is 0 Å². The molecule has 0 bridgehead atoms. The molecule has 0 saturated carbocycles. The highest BCUT2D eigenvalue weighted by Gasteiger charge is 1.86. The Morgan fingerprint density at radius 2 is 1.93 bits per heavy atom. The van der Waals surface area contributed by atoms with Gasteiger partial charge in [0.05, 0.1) is 0 Å². The first-order valence-corrected chi connectivity index (χ1v) is 5.95. The maximum Gasteiger partial charge on any atom is 0.0389 e. The van der Waals surface area contributed by atoms with Gasteiger partial charge in [0.25, 0.3) is 0 Å². The molecular formula is C14H25N. The number of hydrogen-bond acceptors (Lipinski definition) is 1. The lowest BCUT2D eigenvalue weighted by molar-refractivity contribution is 0.810. The molecule has 0 unspecified atom stereocenters. The lowest BCUT2D eigenvalue weighted by atomic mass is 10.1. The van der Waals surface area contributed by atoms with E-state index in [1.807, 2.05) is 6.21 Å². The Labute approximate surface area is 95.0 Å². The van der Waals surface area contributed by atoms with E-state index in [9.17, 15) is 0 Å². The molecule has 0 aliphatic heterocycles. The fourth-order valence-corrected chi connectivity index (χ4v) is 1.18. The molecule has 0 saturated heterocycles. The van der Waals surface area contributed by atoms with Gasteiger partial charge >= 0.3 is 0 Å². The first kappa shape index (κ1) is 14.2. The Kier molecular flexibility index (Phi) is 9.15. The van der Waals surface area contributed by atoms with Crippen LogP contribution in [-0.2, 0) is 0 Å². The molecule has 0 radical (unpaired) electrons. The quantitative estimate of drug-likeness (QED) is 0.330. The van der Waals surface area contributed by atoms with E-state index in [0.29, 0.717) is 0 Å². The normalized spacial score (nSPS) is 12.1. The second-order valence-electron chi connectivity index (χ2n) is 4.24. The first-order valence-electron chi connectivity index (χ1n) is 5.95. The summed E-state index contributed by atoms with van der Waals surface area (Å²) in [4.78, 5) is 4.33. The zero-order chi connectivity index (χ0) is 11.5. The minimum absolute atomic E-state index is 0.967. The lowest BCUT2D eigenvalue weighted by Crippen LogP contribution is -1.81. The fourth-order valence-electron chi connectivity index (χ4n) is 1.18. The van der Waals surface area contributed by atoms with Crippen LogP contribution >= 0.6 is 0 Å². The van der Waals surface area contributed by atoms with Gasteiger partial charge in [0.1, 0.15) is 0 Å². The minimum atomic E-state index is 0.967. The zero-order valence-corrected chi connectivity index (χ0v) is 10.7. The summed E-state index contributed by atoms with van der Waals surface area (Å²) in [5.41, 5.74) is 2.81. The molecule has 0 N–H and O–H groups in total.